The largest absolute Gasteiger partial charge is 0.380 e. The minimum atomic E-state index is 0.265. The van der Waals surface area contributed by atoms with Crippen LogP contribution < -0.4 is 5.32 Å². The summed E-state index contributed by atoms with van der Waals surface area (Å²) in [5, 5.41) is 3.44. The van der Waals surface area contributed by atoms with Gasteiger partial charge in [-0.15, -0.1) is 0 Å². The molecule has 1 aromatic heterocycles. The molecule has 0 spiro atoms. The average molecular weight is 208 g/mol. The van der Waals surface area contributed by atoms with E-state index in [1.54, 1.807) is 0 Å². The molecule has 2 atom stereocenters. The second-order valence-corrected chi connectivity index (χ2v) is 3.70. The molecule has 0 saturated carbocycles. The first-order valence-corrected chi connectivity index (χ1v) is 5.48. The van der Waals surface area contributed by atoms with Gasteiger partial charge in [0.25, 0.3) is 0 Å². The van der Waals surface area contributed by atoms with Crippen LogP contribution in [0.15, 0.2) is 24.4 Å². The Bertz CT molecular complexity index is 264. The van der Waals surface area contributed by atoms with E-state index in [1.165, 1.54) is 0 Å². The lowest BCUT2D eigenvalue weighted by atomic mass is 10.2. The van der Waals surface area contributed by atoms with Crippen LogP contribution in [0, 0.1) is 0 Å². The van der Waals surface area contributed by atoms with E-state index in [2.05, 4.69) is 24.1 Å². The van der Waals surface area contributed by atoms with Crippen LogP contribution in [0.3, 0.4) is 0 Å². The summed E-state index contributed by atoms with van der Waals surface area (Å²) in [7, 11) is 0. The van der Waals surface area contributed by atoms with Crippen molar-refractivity contribution in [3.63, 3.8) is 0 Å². The zero-order valence-electron chi connectivity index (χ0n) is 9.73. The van der Waals surface area contributed by atoms with Gasteiger partial charge in [-0.25, -0.2) is 0 Å². The third-order valence-electron chi connectivity index (χ3n) is 2.24. The monoisotopic (exact) mass is 208 g/mol. The Morgan fingerprint density at radius 1 is 1.40 bits per heavy atom. The van der Waals surface area contributed by atoms with Gasteiger partial charge in [-0.05, 0) is 32.9 Å². The van der Waals surface area contributed by atoms with Gasteiger partial charge in [-0.3, -0.25) is 4.98 Å². The molecule has 0 radical (unpaired) electrons. The average Bonchev–Trinajstić information content (AvgIpc) is 2.27. The molecule has 0 aliphatic heterocycles. The molecule has 0 aliphatic carbocycles. The van der Waals surface area contributed by atoms with Crippen molar-refractivity contribution in [2.75, 3.05) is 13.2 Å². The van der Waals surface area contributed by atoms with Crippen LogP contribution in [0.5, 0.6) is 0 Å². The van der Waals surface area contributed by atoms with Gasteiger partial charge in [0.2, 0.25) is 0 Å². The summed E-state index contributed by atoms with van der Waals surface area (Å²) in [5.74, 6) is 0. The number of nitrogens with zero attached hydrogens (tertiary/aromatic N) is 1. The van der Waals surface area contributed by atoms with E-state index in [0.29, 0.717) is 6.04 Å². The third kappa shape index (κ3) is 4.40. The summed E-state index contributed by atoms with van der Waals surface area (Å²) in [5.41, 5.74) is 1.07. The number of ether oxygens (including phenoxy) is 1. The number of hydrogen-bond acceptors (Lipinski definition) is 3. The highest BCUT2D eigenvalue weighted by atomic mass is 16.5. The lowest BCUT2D eigenvalue weighted by Crippen LogP contribution is -2.33. The van der Waals surface area contributed by atoms with E-state index in [4.69, 9.17) is 4.74 Å². The smallest absolute Gasteiger partial charge is 0.0616 e. The van der Waals surface area contributed by atoms with E-state index >= 15 is 0 Å². The maximum atomic E-state index is 5.35. The van der Waals surface area contributed by atoms with Gasteiger partial charge in [0.1, 0.15) is 0 Å². The van der Waals surface area contributed by atoms with E-state index in [0.717, 1.165) is 18.9 Å². The number of aromatic nitrogens is 1. The van der Waals surface area contributed by atoms with Crippen molar-refractivity contribution in [2.45, 2.75) is 32.9 Å². The molecular weight excluding hydrogens is 188 g/mol. The lowest BCUT2D eigenvalue weighted by molar-refractivity contribution is 0.124. The van der Waals surface area contributed by atoms with Crippen LogP contribution in [-0.4, -0.2) is 24.2 Å². The third-order valence-corrected chi connectivity index (χ3v) is 2.24. The Balaban J connectivity index is 2.38. The van der Waals surface area contributed by atoms with Crippen molar-refractivity contribution in [1.82, 2.24) is 10.3 Å². The van der Waals surface area contributed by atoms with Crippen molar-refractivity contribution in [1.29, 1.82) is 0 Å². The fourth-order valence-corrected chi connectivity index (χ4v) is 1.49. The van der Waals surface area contributed by atoms with Crippen molar-refractivity contribution < 1.29 is 4.74 Å². The molecule has 0 aromatic carbocycles. The van der Waals surface area contributed by atoms with E-state index in [9.17, 15) is 0 Å². The molecule has 3 nitrogen and oxygen atoms in total. The quantitative estimate of drug-likeness (QED) is 0.778. The summed E-state index contributed by atoms with van der Waals surface area (Å²) in [6.07, 6.45) is 1.82. The summed E-state index contributed by atoms with van der Waals surface area (Å²) in [4.78, 5) is 4.31. The summed E-state index contributed by atoms with van der Waals surface area (Å²) in [6, 6.07) is 6.59. The van der Waals surface area contributed by atoms with Crippen LogP contribution >= 0.6 is 0 Å². The second kappa shape index (κ2) is 6.53. The van der Waals surface area contributed by atoms with Crippen molar-refractivity contribution >= 4 is 0 Å². The van der Waals surface area contributed by atoms with Crippen molar-refractivity contribution in [2.24, 2.45) is 0 Å². The van der Waals surface area contributed by atoms with Gasteiger partial charge in [0.15, 0.2) is 0 Å². The topological polar surface area (TPSA) is 34.1 Å². The highest BCUT2D eigenvalue weighted by molar-refractivity contribution is 5.07. The highest BCUT2D eigenvalue weighted by Crippen LogP contribution is 2.08. The van der Waals surface area contributed by atoms with Gasteiger partial charge in [0, 0.05) is 24.9 Å². The number of pyridine rings is 1. The molecule has 0 bridgehead atoms. The van der Waals surface area contributed by atoms with Crippen molar-refractivity contribution in [3.8, 4) is 0 Å². The normalized spacial score (nSPS) is 14.9. The van der Waals surface area contributed by atoms with Crippen LogP contribution in [-0.2, 0) is 4.74 Å². The Labute approximate surface area is 91.9 Å². The molecular formula is C12H20N2O. The number of rotatable bonds is 6. The Morgan fingerprint density at radius 2 is 2.20 bits per heavy atom. The van der Waals surface area contributed by atoms with Gasteiger partial charge >= 0.3 is 0 Å². The van der Waals surface area contributed by atoms with Gasteiger partial charge in [-0.1, -0.05) is 6.07 Å². The molecule has 1 rings (SSSR count). The highest BCUT2D eigenvalue weighted by Gasteiger charge is 2.09. The zero-order chi connectivity index (χ0) is 11.1. The predicted molar refractivity (Wildman–Crippen MR) is 61.7 cm³/mol. The molecule has 0 saturated heterocycles. The maximum Gasteiger partial charge on any atom is 0.0616 e. The molecule has 0 amide bonds. The molecule has 15 heavy (non-hydrogen) atoms. The van der Waals surface area contributed by atoms with E-state index < -0.39 is 0 Å². The maximum absolute atomic E-state index is 5.35. The van der Waals surface area contributed by atoms with Crippen LogP contribution in [0.1, 0.15) is 32.5 Å². The minimum absolute atomic E-state index is 0.265. The summed E-state index contributed by atoms with van der Waals surface area (Å²) in [6.45, 7) is 7.76. The first kappa shape index (κ1) is 12.1. The molecule has 84 valence electrons. The first-order chi connectivity index (χ1) is 7.24. The molecule has 0 fully saturated rings. The van der Waals surface area contributed by atoms with Crippen LogP contribution in [0.4, 0.5) is 0 Å². The molecule has 1 heterocycles. The lowest BCUT2D eigenvalue weighted by Gasteiger charge is -2.19. The zero-order valence-corrected chi connectivity index (χ0v) is 9.73. The Morgan fingerprint density at radius 3 is 2.80 bits per heavy atom. The fraction of sp³-hybridized carbons (Fsp3) is 0.583. The Hall–Kier alpha value is -0.930. The molecule has 1 N–H and O–H groups in total. The molecule has 1 aromatic rings. The molecule has 0 aliphatic rings. The number of hydrogen-bond donors (Lipinski definition) is 1. The van der Waals surface area contributed by atoms with Gasteiger partial charge < -0.3 is 10.1 Å². The van der Waals surface area contributed by atoms with Gasteiger partial charge in [-0.2, -0.15) is 0 Å². The first-order valence-electron chi connectivity index (χ1n) is 5.48. The fourth-order valence-electron chi connectivity index (χ4n) is 1.49. The summed E-state index contributed by atoms with van der Waals surface area (Å²) >= 11 is 0. The predicted octanol–water partition coefficient (Wildman–Crippen LogP) is 2.16. The minimum Gasteiger partial charge on any atom is -0.380 e. The molecule has 3 heteroatoms. The van der Waals surface area contributed by atoms with Crippen LogP contribution in [0.25, 0.3) is 0 Å². The van der Waals surface area contributed by atoms with Crippen LogP contribution in [0.2, 0.25) is 0 Å². The molecule has 2 unspecified atom stereocenters. The second-order valence-electron chi connectivity index (χ2n) is 3.70. The number of nitrogens with one attached hydrogen (secondary N) is 1. The summed E-state index contributed by atoms with van der Waals surface area (Å²) < 4.78 is 5.35. The van der Waals surface area contributed by atoms with Gasteiger partial charge in [0.05, 0.1) is 12.3 Å². The standard InChI is InChI=1S/C12H20N2O/c1-4-15-9-10(2)14-11(3)12-7-5-6-8-13-12/h5-8,10-11,14H,4,9H2,1-3H3. The SMILES string of the molecule is CCOCC(C)NC(C)c1ccccn1. The van der Waals surface area contributed by atoms with E-state index in [1.807, 2.05) is 31.3 Å². The van der Waals surface area contributed by atoms with Crippen molar-refractivity contribution in [3.05, 3.63) is 30.1 Å². The van der Waals surface area contributed by atoms with E-state index in [-0.39, 0.29) is 6.04 Å². The Kier molecular flexibility index (Phi) is 5.29.